The lowest BCUT2D eigenvalue weighted by molar-refractivity contribution is 0.405. The lowest BCUT2D eigenvalue weighted by Gasteiger charge is -2.13. The molecule has 2 N–H and O–H groups in total. The maximum atomic E-state index is 13.7. The lowest BCUT2D eigenvalue weighted by Crippen LogP contribution is -2.10. The Hall–Kier alpha value is -3.35. The molecule has 0 aliphatic heterocycles. The van der Waals surface area contributed by atoms with Gasteiger partial charge in [-0.2, -0.15) is 4.98 Å². The molecule has 1 aromatic heterocycles. The molecule has 0 atom stereocenters. The van der Waals surface area contributed by atoms with Gasteiger partial charge in [0.25, 0.3) is 0 Å². The summed E-state index contributed by atoms with van der Waals surface area (Å²) in [6.45, 7) is 2.41. The van der Waals surface area contributed by atoms with Crippen LogP contribution in [0.2, 0.25) is 0 Å². The first-order valence-corrected chi connectivity index (χ1v) is 8.91. The van der Waals surface area contributed by atoms with Crippen molar-refractivity contribution in [1.82, 2.24) is 9.97 Å². The number of methoxy groups -OCH3 is 2. The summed E-state index contributed by atoms with van der Waals surface area (Å²) in [5.41, 5.74) is 2.19. The fraction of sp³-hybridized carbons (Fsp3) is 0.238. The second-order valence-corrected chi connectivity index (χ2v) is 6.18. The van der Waals surface area contributed by atoms with Crippen molar-refractivity contribution in [2.45, 2.75) is 13.3 Å². The van der Waals surface area contributed by atoms with E-state index in [0.29, 0.717) is 41.8 Å². The standard InChI is InChI=1S/C21H23FN4O2/c1-14-12-20(25-18-13-16(27-2)8-9-19(18)28-3)26-21(24-14)23-11-10-15-6-4-5-7-17(15)22/h4-9,12-13H,10-11H2,1-3H3,(H2,23,24,25,26). The Balaban J connectivity index is 1.72. The molecule has 0 amide bonds. The number of hydrogen-bond donors (Lipinski definition) is 2. The quantitative estimate of drug-likeness (QED) is 0.604. The second kappa shape index (κ2) is 9.03. The molecule has 6 nitrogen and oxygen atoms in total. The fourth-order valence-corrected chi connectivity index (χ4v) is 2.77. The highest BCUT2D eigenvalue weighted by molar-refractivity contribution is 5.67. The summed E-state index contributed by atoms with van der Waals surface area (Å²) in [6.07, 6.45) is 0.538. The van der Waals surface area contributed by atoms with Crippen molar-refractivity contribution in [2.75, 3.05) is 31.4 Å². The van der Waals surface area contributed by atoms with Crippen molar-refractivity contribution >= 4 is 17.5 Å². The van der Waals surface area contributed by atoms with Crippen molar-refractivity contribution in [1.29, 1.82) is 0 Å². The summed E-state index contributed by atoms with van der Waals surface area (Å²) >= 11 is 0. The predicted octanol–water partition coefficient (Wildman–Crippen LogP) is 4.34. The summed E-state index contributed by atoms with van der Waals surface area (Å²) in [4.78, 5) is 8.88. The molecule has 0 spiro atoms. The van der Waals surface area contributed by atoms with Crippen LogP contribution in [0.1, 0.15) is 11.3 Å². The topological polar surface area (TPSA) is 68.3 Å². The molecular formula is C21H23FN4O2. The van der Waals surface area contributed by atoms with Crippen LogP contribution in [-0.4, -0.2) is 30.7 Å². The van der Waals surface area contributed by atoms with Crippen LogP contribution in [0.15, 0.2) is 48.5 Å². The average molecular weight is 382 g/mol. The van der Waals surface area contributed by atoms with E-state index in [9.17, 15) is 4.39 Å². The first kappa shape index (κ1) is 19.4. The maximum absolute atomic E-state index is 13.7. The minimum Gasteiger partial charge on any atom is -0.497 e. The van der Waals surface area contributed by atoms with Gasteiger partial charge in [-0.05, 0) is 37.1 Å². The van der Waals surface area contributed by atoms with Crippen LogP contribution in [0.25, 0.3) is 0 Å². The van der Waals surface area contributed by atoms with Crippen LogP contribution in [0, 0.1) is 12.7 Å². The van der Waals surface area contributed by atoms with E-state index in [1.165, 1.54) is 6.07 Å². The van der Waals surface area contributed by atoms with Crippen molar-refractivity contribution in [3.63, 3.8) is 0 Å². The van der Waals surface area contributed by atoms with E-state index in [-0.39, 0.29) is 5.82 Å². The number of aromatic nitrogens is 2. The molecule has 0 aliphatic rings. The van der Waals surface area contributed by atoms with Crippen molar-refractivity contribution in [3.8, 4) is 11.5 Å². The van der Waals surface area contributed by atoms with Gasteiger partial charge < -0.3 is 20.1 Å². The third kappa shape index (κ3) is 4.88. The summed E-state index contributed by atoms with van der Waals surface area (Å²) in [5, 5.41) is 6.39. The number of nitrogens with zero attached hydrogens (tertiary/aromatic N) is 2. The molecular weight excluding hydrogens is 359 g/mol. The van der Waals surface area contributed by atoms with Crippen LogP contribution >= 0.6 is 0 Å². The van der Waals surface area contributed by atoms with Gasteiger partial charge in [0, 0.05) is 24.4 Å². The molecule has 0 aliphatic carbocycles. The molecule has 7 heteroatoms. The van der Waals surface area contributed by atoms with Gasteiger partial charge in [-0.1, -0.05) is 18.2 Å². The van der Waals surface area contributed by atoms with E-state index in [1.54, 1.807) is 26.4 Å². The van der Waals surface area contributed by atoms with Crippen molar-refractivity contribution in [3.05, 3.63) is 65.6 Å². The molecule has 1 heterocycles. The molecule has 2 aromatic carbocycles. The van der Waals surface area contributed by atoms with Gasteiger partial charge in [-0.15, -0.1) is 0 Å². The van der Waals surface area contributed by atoms with Crippen LogP contribution in [0.5, 0.6) is 11.5 Å². The van der Waals surface area contributed by atoms with Crippen molar-refractivity contribution in [2.24, 2.45) is 0 Å². The minimum atomic E-state index is -0.207. The molecule has 146 valence electrons. The molecule has 3 rings (SSSR count). The third-order valence-electron chi connectivity index (χ3n) is 4.16. The van der Waals surface area contributed by atoms with E-state index < -0.39 is 0 Å². The number of anilines is 3. The Kier molecular flexibility index (Phi) is 6.26. The van der Waals surface area contributed by atoms with E-state index in [2.05, 4.69) is 20.6 Å². The second-order valence-electron chi connectivity index (χ2n) is 6.18. The highest BCUT2D eigenvalue weighted by Crippen LogP contribution is 2.31. The first-order valence-electron chi connectivity index (χ1n) is 8.91. The lowest BCUT2D eigenvalue weighted by atomic mass is 10.1. The van der Waals surface area contributed by atoms with Gasteiger partial charge in [-0.25, -0.2) is 9.37 Å². The molecule has 28 heavy (non-hydrogen) atoms. The maximum Gasteiger partial charge on any atom is 0.224 e. The predicted molar refractivity (Wildman–Crippen MR) is 108 cm³/mol. The zero-order chi connectivity index (χ0) is 19.9. The van der Waals surface area contributed by atoms with E-state index in [4.69, 9.17) is 9.47 Å². The molecule has 3 aromatic rings. The van der Waals surface area contributed by atoms with Crippen LogP contribution in [0.3, 0.4) is 0 Å². The summed E-state index contributed by atoms with van der Waals surface area (Å²) in [7, 11) is 3.21. The highest BCUT2D eigenvalue weighted by Gasteiger charge is 2.09. The zero-order valence-electron chi connectivity index (χ0n) is 16.1. The average Bonchev–Trinajstić information content (AvgIpc) is 2.69. The van der Waals surface area contributed by atoms with Crippen LogP contribution in [-0.2, 0) is 6.42 Å². The summed E-state index contributed by atoms with van der Waals surface area (Å²) in [5.74, 6) is 2.26. The normalized spacial score (nSPS) is 10.4. The Bertz CT molecular complexity index is 949. The minimum absolute atomic E-state index is 0.207. The number of hydrogen-bond acceptors (Lipinski definition) is 6. The van der Waals surface area contributed by atoms with Crippen LogP contribution in [0.4, 0.5) is 21.8 Å². The van der Waals surface area contributed by atoms with E-state index in [0.717, 1.165) is 11.4 Å². The molecule has 0 saturated carbocycles. The Morgan fingerprint density at radius 1 is 1.00 bits per heavy atom. The smallest absolute Gasteiger partial charge is 0.224 e. The van der Waals surface area contributed by atoms with Crippen LogP contribution < -0.4 is 20.1 Å². The monoisotopic (exact) mass is 382 g/mol. The number of halogens is 1. The van der Waals surface area contributed by atoms with Gasteiger partial charge >= 0.3 is 0 Å². The van der Waals surface area contributed by atoms with Gasteiger partial charge in [0.1, 0.15) is 23.1 Å². The number of benzene rings is 2. The molecule has 0 unspecified atom stereocenters. The number of aryl methyl sites for hydroxylation is 1. The SMILES string of the molecule is COc1ccc(OC)c(Nc2cc(C)nc(NCCc3ccccc3F)n2)c1. The van der Waals surface area contributed by atoms with Gasteiger partial charge in [0.2, 0.25) is 5.95 Å². The fourth-order valence-electron chi connectivity index (χ4n) is 2.77. The van der Waals surface area contributed by atoms with Gasteiger partial charge in [0.15, 0.2) is 0 Å². The largest absolute Gasteiger partial charge is 0.497 e. The van der Waals surface area contributed by atoms with Gasteiger partial charge in [0.05, 0.1) is 19.9 Å². The zero-order valence-corrected chi connectivity index (χ0v) is 16.1. The van der Waals surface area contributed by atoms with E-state index in [1.807, 2.05) is 37.3 Å². The summed E-state index contributed by atoms with van der Waals surface area (Å²) in [6, 6.07) is 14.1. The Morgan fingerprint density at radius 3 is 2.57 bits per heavy atom. The number of ether oxygens (including phenoxy) is 2. The first-order chi connectivity index (χ1) is 13.6. The number of rotatable bonds is 8. The third-order valence-corrected chi connectivity index (χ3v) is 4.16. The Labute approximate surface area is 163 Å². The summed E-state index contributed by atoms with van der Waals surface area (Å²) < 4.78 is 24.4. The van der Waals surface area contributed by atoms with E-state index >= 15 is 0 Å². The Morgan fingerprint density at radius 2 is 1.82 bits per heavy atom. The molecule has 0 saturated heterocycles. The molecule has 0 fully saturated rings. The molecule has 0 radical (unpaired) electrons. The van der Waals surface area contributed by atoms with Crippen molar-refractivity contribution < 1.29 is 13.9 Å². The number of nitrogens with one attached hydrogen (secondary N) is 2. The highest BCUT2D eigenvalue weighted by atomic mass is 19.1. The van der Waals surface area contributed by atoms with Gasteiger partial charge in [-0.3, -0.25) is 0 Å². The molecule has 0 bridgehead atoms.